The molecule has 108 valence electrons. The van der Waals surface area contributed by atoms with E-state index in [9.17, 15) is 4.79 Å². The summed E-state index contributed by atoms with van der Waals surface area (Å²) in [7, 11) is 0. The minimum Gasteiger partial charge on any atom is -0.392 e. The van der Waals surface area contributed by atoms with Gasteiger partial charge >= 0.3 is 0 Å². The molecule has 1 amide bonds. The number of carbonyl (C=O) groups excluding carboxylic acids is 1. The van der Waals surface area contributed by atoms with E-state index in [2.05, 4.69) is 43.4 Å². The Morgan fingerprint density at radius 1 is 1.35 bits per heavy atom. The zero-order valence-corrected chi connectivity index (χ0v) is 15.4. The van der Waals surface area contributed by atoms with Crippen molar-refractivity contribution in [2.24, 2.45) is 5.73 Å². The molecule has 7 heteroatoms. The Morgan fingerprint density at radius 2 is 2.00 bits per heavy atom. The Bertz CT molecular complexity index is 532. The Labute approximate surface area is 145 Å². The number of thiocarbonyl (C=S) groups is 1. The molecule has 0 aliphatic carbocycles. The van der Waals surface area contributed by atoms with Crippen molar-refractivity contribution in [1.29, 1.82) is 0 Å². The number of hydrogen-bond acceptors (Lipinski definition) is 3. The van der Waals surface area contributed by atoms with Gasteiger partial charge in [-0.25, -0.2) is 0 Å². The van der Waals surface area contributed by atoms with Gasteiger partial charge in [-0.2, -0.15) is 0 Å². The second-order valence-corrected chi connectivity index (χ2v) is 7.28. The fourth-order valence-electron chi connectivity index (χ4n) is 2.16. The maximum atomic E-state index is 12.5. The number of hydrogen-bond donors (Lipinski definition) is 1. The first-order chi connectivity index (χ1) is 9.47. The van der Waals surface area contributed by atoms with Crippen molar-refractivity contribution in [2.45, 2.75) is 0 Å². The molecule has 0 bridgehead atoms. The molecule has 1 aliphatic heterocycles. The summed E-state index contributed by atoms with van der Waals surface area (Å²) in [5, 5.41) is 0. The number of carbonyl (C=O) groups is 1. The average Bonchev–Trinajstić information content (AvgIpc) is 2.41. The van der Waals surface area contributed by atoms with Crippen molar-refractivity contribution < 1.29 is 4.79 Å². The summed E-state index contributed by atoms with van der Waals surface area (Å²) in [4.78, 5) is 17.1. The number of benzene rings is 1. The molecule has 1 aliphatic rings. The van der Waals surface area contributed by atoms with Crippen LogP contribution in [0.15, 0.2) is 22.7 Å². The van der Waals surface area contributed by atoms with Gasteiger partial charge in [0.15, 0.2) is 0 Å². The predicted molar refractivity (Wildman–Crippen MR) is 96.0 cm³/mol. The lowest BCUT2D eigenvalue weighted by Crippen LogP contribution is -2.50. The van der Waals surface area contributed by atoms with Crippen molar-refractivity contribution in [2.75, 3.05) is 32.7 Å². The molecule has 0 spiro atoms. The summed E-state index contributed by atoms with van der Waals surface area (Å²) in [6, 6.07) is 5.80. The first-order valence-corrected chi connectivity index (χ1v) is 8.50. The van der Waals surface area contributed by atoms with E-state index in [0.29, 0.717) is 24.6 Å². The molecule has 1 saturated heterocycles. The highest BCUT2D eigenvalue weighted by molar-refractivity contribution is 14.1. The van der Waals surface area contributed by atoms with Gasteiger partial charge in [-0.1, -0.05) is 12.2 Å². The molecule has 1 aromatic carbocycles. The van der Waals surface area contributed by atoms with Gasteiger partial charge in [-0.3, -0.25) is 9.69 Å². The molecular weight excluding hydrogens is 453 g/mol. The summed E-state index contributed by atoms with van der Waals surface area (Å²) < 4.78 is 1.90. The van der Waals surface area contributed by atoms with E-state index in [1.807, 2.05) is 23.1 Å². The lowest BCUT2D eigenvalue weighted by molar-refractivity contribution is 0.0653. The Kier molecular flexibility index (Phi) is 5.76. The van der Waals surface area contributed by atoms with Crippen LogP contribution < -0.4 is 5.73 Å². The van der Waals surface area contributed by atoms with Gasteiger partial charge < -0.3 is 10.6 Å². The molecule has 2 N–H and O–H groups in total. The third-order valence-corrected chi connectivity index (χ3v) is 4.69. The lowest BCUT2D eigenvalue weighted by Gasteiger charge is -2.34. The maximum absolute atomic E-state index is 12.5. The number of nitrogens with zero attached hydrogens (tertiary/aromatic N) is 2. The van der Waals surface area contributed by atoms with Gasteiger partial charge in [0.05, 0.1) is 10.6 Å². The predicted octanol–water partition coefficient (Wildman–Crippen LogP) is 2.10. The molecule has 0 atom stereocenters. The quantitative estimate of drug-likeness (QED) is 0.546. The normalized spacial score (nSPS) is 16.2. The third kappa shape index (κ3) is 4.12. The van der Waals surface area contributed by atoms with Crippen molar-refractivity contribution in [3.63, 3.8) is 0 Å². The molecule has 2 rings (SSSR count). The summed E-state index contributed by atoms with van der Waals surface area (Å²) in [6.07, 6.45) is 0. The van der Waals surface area contributed by atoms with E-state index in [0.717, 1.165) is 26.7 Å². The molecule has 1 heterocycles. The molecule has 0 radical (unpaired) electrons. The highest BCUT2D eigenvalue weighted by atomic mass is 127. The standard InChI is InChI=1S/C13H15BrIN3OS/c14-11-2-1-9(15)7-10(11)13(19)18-5-3-17(4-6-18)8-12(16)20/h1-2,7H,3-6,8H2,(H2,16,20). The van der Waals surface area contributed by atoms with Crippen LogP contribution in [0.25, 0.3) is 0 Å². The monoisotopic (exact) mass is 467 g/mol. The Morgan fingerprint density at radius 3 is 2.60 bits per heavy atom. The average molecular weight is 468 g/mol. The van der Waals surface area contributed by atoms with Gasteiger partial charge in [0.25, 0.3) is 5.91 Å². The van der Waals surface area contributed by atoms with E-state index < -0.39 is 0 Å². The third-order valence-electron chi connectivity index (χ3n) is 3.20. The lowest BCUT2D eigenvalue weighted by atomic mass is 10.2. The molecule has 0 unspecified atom stereocenters. The molecule has 1 fully saturated rings. The van der Waals surface area contributed by atoms with Gasteiger partial charge in [0.2, 0.25) is 0 Å². The summed E-state index contributed by atoms with van der Waals surface area (Å²) in [6.45, 7) is 3.66. The minimum absolute atomic E-state index is 0.0744. The first kappa shape index (κ1) is 16.1. The van der Waals surface area contributed by atoms with Crippen LogP contribution in [-0.4, -0.2) is 53.4 Å². The highest BCUT2D eigenvalue weighted by Gasteiger charge is 2.23. The van der Waals surface area contributed by atoms with Crippen LogP contribution >= 0.6 is 50.7 Å². The molecule has 0 saturated carbocycles. The molecule has 20 heavy (non-hydrogen) atoms. The van der Waals surface area contributed by atoms with Gasteiger partial charge in [-0.05, 0) is 56.7 Å². The van der Waals surface area contributed by atoms with Crippen molar-refractivity contribution in [3.05, 3.63) is 31.8 Å². The van der Waals surface area contributed by atoms with E-state index in [1.165, 1.54) is 0 Å². The zero-order valence-electron chi connectivity index (χ0n) is 10.8. The second-order valence-electron chi connectivity index (χ2n) is 4.66. The number of piperazine rings is 1. The smallest absolute Gasteiger partial charge is 0.255 e. The van der Waals surface area contributed by atoms with E-state index in [4.69, 9.17) is 18.0 Å². The molecular formula is C13H15BrIN3OS. The SMILES string of the molecule is NC(=S)CN1CCN(C(=O)c2cc(I)ccc2Br)CC1. The number of nitrogens with two attached hydrogens (primary N) is 1. The maximum Gasteiger partial charge on any atom is 0.255 e. The highest BCUT2D eigenvalue weighted by Crippen LogP contribution is 2.21. The topological polar surface area (TPSA) is 49.6 Å². The van der Waals surface area contributed by atoms with Gasteiger partial charge in [-0.15, -0.1) is 0 Å². The van der Waals surface area contributed by atoms with Gasteiger partial charge in [0, 0.05) is 40.8 Å². The Hall–Kier alpha value is -0.250. The van der Waals surface area contributed by atoms with Crippen LogP contribution in [0.1, 0.15) is 10.4 Å². The van der Waals surface area contributed by atoms with Crippen molar-refractivity contribution in [1.82, 2.24) is 9.80 Å². The van der Waals surface area contributed by atoms with E-state index >= 15 is 0 Å². The van der Waals surface area contributed by atoms with Crippen molar-refractivity contribution >= 4 is 61.6 Å². The van der Waals surface area contributed by atoms with Crippen molar-refractivity contribution in [3.8, 4) is 0 Å². The summed E-state index contributed by atoms with van der Waals surface area (Å²) in [5.41, 5.74) is 6.27. The second kappa shape index (κ2) is 7.15. The number of rotatable bonds is 3. The fourth-order valence-corrected chi connectivity index (χ4v) is 3.25. The minimum atomic E-state index is 0.0744. The fraction of sp³-hybridized carbons (Fsp3) is 0.385. The van der Waals surface area contributed by atoms with E-state index in [-0.39, 0.29) is 5.91 Å². The van der Waals surface area contributed by atoms with Crippen LogP contribution in [0.2, 0.25) is 0 Å². The van der Waals surface area contributed by atoms with Gasteiger partial charge in [0.1, 0.15) is 0 Å². The zero-order chi connectivity index (χ0) is 14.7. The van der Waals surface area contributed by atoms with Crippen LogP contribution in [0.3, 0.4) is 0 Å². The molecule has 0 aromatic heterocycles. The van der Waals surface area contributed by atoms with Crippen LogP contribution in [-0.2, 0) is 0 Å². The van der Waals surface area contributed by atoms with Crippen LogP contribution in [0.4, 0.5) is 0 Å². The molecule has 1 aromatic rings. The molecule has 4 nitrogen and oxygen atoms in total. The number of halogens is 2. The first-order valence-electron chi connectivity index (χ1n) is 6.22. The number of amides is 1. The summed E-state index contributed by atoms with van der Waals surface area (Å²) >= 11 is 10.6. The largest absolute Gasteiger partial charge is 0.392 e. The van der Waals surface area contributed by atoms with Crippen LogP contribution in [0.5, 0.6) is 0 Å². The summed E-state index contributed by atoms with van der Waals surface area (Å²) in [5.74, 6) is 0.0744. The van der Waals surface area contributed by atoms with E-state index in [1.54, 1.807) is 0 Å². The Balaban J connectivity index is 2.01. The van der Waals surface area contributed by atoms with Crippen LogP contribution in [0, 0.1) is 3.57 Å².